The minimum absolute atomic E-state index is 0.0790. The number of amides is 2. The standard InChI is InChI=1S/C35H29F2N5O3S/c1-18-40-41-34(45-18)29-25(17-23(37)20-8-11-21(36)12-9-20)38-32-26-7-4-16-42(26)35(44)31(32)30(29)27-14-15-28(46-27)33(43)39-24-13-10-19-5-2-3-6-22(19)24/h2-3,5-6,8-9,11-12,14-15,23-24,26H,4,7,10,13,16-17H2,1H3,(H,39,43)/t23?,24-,26+/m1/s1. The van der Waals surface area contributed by atoms with Crippen LogP contribution in [0.4, 0.5) is 8.78 Å². The van der Waals surface area contributed by atoms with Crippen LogP contribution in [0.5, 0.6) is 0 Å². The van der Waals surface area contributed by atoms with Crippen LogP contribution in [0.2, 0.25) is 0 Å². The van der Waals surface area contributed by atoms with E-state index in [1.807, 2.05) is 23.1 Å². The Morgan fingerprint density at radius 1 is 1.07 bits per heavy atom. The zero-order chi connectivity index (χ0) is 31.5. The summed E-state index contributed by atoms with van der Waals surface area (Å²) >= 11 is 1.26. The van der Waals surface area contributed by atoms with Crippen LogP contribution in [0.15, 0.2) is 65.1 Å². The summed E-state index contributed by atoms with van der Waals surface area (Å²) in [6.45, 7) is 2.26. The van der Waals surface area contributed by atoms with Crippen molar-refractivity contribution in [2.45, 2.75) is 57.3 Å². The van der Waals surface area contributed by atoms with E-state index in [0.29, 0.717) is 55.8 Å². The van der Waals surface area contributed by atoms with Crippen molar-refractivity contribution in [2.24, 2.45) is 0 Å². The highest BCUT2D eigenvalue weighted by Crippen LogP contribution is 2.49. The maximum Gasteiger partial charge on any atom is 0.261 e. The van der Waals surface area contributed by atoms with Gasteiger partial charge in [-0.2, -0.15) is 0 Å². The number of carbonyl (C=O) groups excluding carboxylic acids is 2. The molecule has 0 saturated carbocycles. The lowest BCUT2D eigenvalue weighted by molar-refractivity contribution is 0.0776. The summed E-state index contributed by atoms with van der Waals surface area (Å²) in [4.78, 5) is 35.4. The summed E-state index contributed by atoms with van der Waals surface area (Å²) < 4.78 is 35.5. The summed E-state index contributed by atoms with van der Waals surface area (Å²) in [5, 5.41) is 11.5. The lowest BCUT2D eigenvalue weighted by Crippen LogP contribution is -2.26. The number of benzene rings is 2. The SMILES string of the molecule is Cc1nnc(-c2c(CC(F)c3ccc(F)cc3)nc3c(c2-c2ccc(C(=O)N[C@@H]4CCc5ccccc54)s2)C(=O)N2CCC[C@@H]32)o1. The highest BCUT2D eigenvalue weighted by molar-refractivity contribution is 7.17. The van der Waals surface area contributed by atoms with Crippen molar-refractivity contribution in [3.8, 4) is 21.9 Å². The van der Waals surface area contributed by atoms with Crippen LogP contribution in [0, 0.1) is 12.7 Å². The number of nitrogens with one attached hydrogen (secondary N) is 1. The second-order valence-corrected chi connectivity index (χ2v) is 13.1. The molecular weight excluding hydrogens is 608 g/mol. The first-order valence-electron chi connectivity index (χ1n) is 15.4. The molecule has 3 aromatic heterocycles. The van der Waals surface area contributed by atoms with E-state index in [-0.39, 0.29) is 36.2 Å². The Kier molecular flexibility index (Phi) is 7.01. The minimum Gasteiger partial charge on any atom is -0.421 e. The Labute approximate surface area is 267 Å². The number of thiophene rings is 1. The van der Waals surface area contributed by atoms with Gasteiger partial charge in [0.15, 0.2) is 0 Å². The zero-order valence-electron chi connectivity index (χ0n) is 24.9. The first-order chi connectivity index (χ1) is 22.4. The third-order valence-electron chi connectivity index (χ3n) is 9.20. The van der Waals surface area contributed by atoms with E-state index in [1.165, 1.54) is 41.2 Å². The number of alkyl halides is 1. The van der Waals surface area contributed by atoms with Gasteiger partial charge < -0.3 is 14.6 Å². The number of rotatable bonds is 7. The fourth-order valence-corrected chi connectivity index (χ4v) is 8.03. The Bertz CT molecular complexity index is 2010. The van der Waals surface area contributed by atoms with Gasteiger partial charge in [0, 0.05) is 30.3 Å². The van der Waals surface area contributed by atoms with E-state index in [1.54, 1.807) is 13.0 Å². The molecule has 2 aromatic carbocycles. The molecule has 2 aliphatic heterocycles. The molecule has 8 rings (SSSR count). The lowest BCUT2D eigenvalue weighted by Gasteiger charge is -2.17. The predicted molar refractivity (Wildman–Crippen MR) is 168 cm³/mol. The second-order valence-electron chi connectivity index (χ2n) is 12.0. The van der Waals surface area contributed by atoms with Gasteiger partial charge in [-0.1, -0.05) is 36.4 Å². The molecule has 5 heterocycles. The van der Waals surface area contributed by atoms with Crippen molar-refractivity contribution in [3.05, 3.63) is 111 Å². The van der Waals surface area contributed by atoms with E-state index in [9.17, 15) is 14.0 Å². The molecule has 1 N–H and O–H groups in total. The van der Waals surface area contributed by atoms with E-state index >= 15 is 4.39 Å². The monoisotopic (exact) mass is 637 g/mol. The van der Waals surface area contributed by atoms with Crippen molar-refractivity contribution < 1.29 is 22.8 Å². The molecule has 8 nitrogen and oxygen atoms in total. The molecule has 1 saturated heterocycles. The molecule has 0 bridgehead atoms. The number of hydrogen-bond donors (Lipinski definition) is 1. The Morgan fingerprint density at radius 3 is 2.70 bits per heavy atom. The topological polar surface area (TPSA) is 101 Å². The van der Waals surface area contributed by atoms with Gasteiger partial charge in [0.25, 0.3) is 11.8 Å². The van der Waals surface area contributed by atoms with Gasteiger partial charge in [-0.25, -0.2) is 8.78 Å². The molecule has 5 aromatic rings. The summed E-state index contributed by atoms with van der Waals surface area (Å²) in [5.41, 5.74) is 4.95. The number of aryl methyl sites for hydroxylation is 2. The van der Waals surface area contributed by atoms with Crippen LogP contribution in [-0.2, 0) is 12.8 Å². The van der Waals surface area contributed by atoms with Crippen LogP contribution in [-0.4, -0.2) is 38.4 Å². The first-order valence-corrected chi connectivity index (χ1v) is 16.2. The molecule has 1 fully saturated rings. The third kappa shape index (κ3) is 4.81. The maximum atomic E-state index is 15.9. The molecule has 46 heavy (non-hydrogen) atoms. The molecule has 3 aliphatic rings. The number of aromatic nitrogens is 3. The van der Waals surface area contributed by atoms with Crippen molar-refractivity contribution in [1.29, 1.82) is 0 Å². The second kappa shape index (κ2) is 11.2. The Hall–Kier alpha value is -4.77. The van der Waals surface area contributed by atoms with Crippen LogP contribution in [0.25, 0.3) is 21.9 Å². The molecule has 0 spiro atoms. The van der Waals surface area contributed by atoms with E-state index in [4.69, 9.17) is 9.40 Å². The summed E-state index contributed by atoms with van der Waals surface area (Å²) in [5.74, 6) is -0.387. The molecule has 2 amide bonds. The van der Waals surface area contributed by atoms with Gasteiger partial charge in [0.1, 0.15) is 12.0 Å². The molecule has 0 radical (unpaired) electrons. The number of nitrogens with zero attached hydrogens (tertiary/aromatic N) is 4. The fraction of sp³-hybridized carbons (Fsp3) is 0.286. The number of halogens is 2. The Morgan fingerprint density at radius 2 is 1.89 bits per heavy atom. The fourth-order valence-electron chi connectivity index (χ4n) is 7.06. The van der Waals surface area contributed by atoms with E-state index < -0.39 is 12.0 Å². The van der Waals surface area contributed by atoms with Crippen LogP contribution < -0.4 is 5.32 Å². The van der Waals surface area contributed by atoms with Gasteiger partial charge in [-0.05, 0) is 66.6 Å². The van der Waals surface area contributed by atoms with Gasteiger partial charge in [0.05, 0.1) is 39.5 Å². The van der Waals surface area contributed by atoms with Crippen LogP contribution >= 0.6 is 11.3 Å². The van der Waals surface area contributed by atoms with Crippen molar-refractivity contribution in [1.82, 2.24) is 25.4 Å². The lowest BCUT2D eigenvalue weighted by atomic mass is 9.92. The Balaban J connectivity index is 1.24. The van der Waals surface area contributed by atoms with Crippen molar-refractivity contribution in [2.75, 3.05) is 6.54 Å². The number of carbonyl (C=O) groups is 2. The average Bonchev–Trinajstić information content (AvgIpc) is 3.89. The van der Waals surface area contributed by atoms with E-state index in [2.05, 4.69) is 27.6 Å². The highest BCUT2D eigenvalue weighted by atomic mass is 32.1. The van der Waals surface area contributed by atoms with E-state index in [0.717, 1.165) is 31.2 Å². The smallest absolute Gasteiger partial charge is 0.261 e. The minimum atomic E-state index is -1.52. The van der Waals surface area contributed by atoms with Crippen molar-refractivity contribution in [3.63, 3.8) is 0 Å². The number of fused-ring (bicyclic) bond motifs is 4. The maximum absolute atomic E-state index is 15.9. The van der Waals surface area contributed by atoms with Gasteiger partial charge in [0.2, 0.25) is 11.8 Å². The van der Waals surface area contributed by atoms with Crippen LogP contribution in [0.3, 0.4) is 0 Å². The largest absolute Gasteiger partial charge is 0.421 e. The summed E-state index contributed by atoms with van der Waals surface area (Å²) in [6, 6.07) is 16.7. The van der Waals surface area contributed by atoms with Gasteiger partial charge in [-0.15, -0.1) is 21.5 Å². The van der Waals surface area contributed by atoms with Gasteiger partial charge >= 0.3 is 0 Å². The quantitative estimate of drug-likeness (QED) is 0.202. The molecular formula is C35H29F2N5O3S. The average molecular weight is 638 g/mol. The van der Waals surface area contributed by atoms with Crippen LogP contribution in [0.1, 0.15) is 91.5 Å². The molecule has 232 valence electrons. The molecule has 3 atom stereocenters. The predicted octanol–water partition coefficient (Wildman–Crippen LogP) is 7.27. The summed E-state index contributed by atoms with van der Waals surface area (Å²) in [6.07, 6.45) is 1.66. The first kappa shape index (κ1) is 28.7. The molecule has 1 unspecified atom stereocenters. The van der Waals surface area contributed by atoms with Crippen molar-refractivity contribution >= 4 is 23.2 Å². The zero-order valence-corrected chi connectivity index (χ0v) is 25.7. The molecule has 11 heteroatoms. The molecule has 1 aliphatic carbocycles. The van der Waals surface area contributed by atoms with Gasteiger partial charge in [-0.3, -0.25) is 14.6 Å². The summed E-state index contributed by atoms with van der Waals surface area (Å²) in [7, 11) is 0. The number of pyridine rings is 1. The highest BCUT2D eigenvalue weighted by Gasteiger charge is 2.45. The normalized spacial score (nSPS) is 18.8. The number of hydrogen-bond acceptors (Lipinski definition) is 7. The third-order valence-corrected chi connectivity index (χ3v) is 10.3.